The Morgan fingerprint density at radius 2 is 1.96 bits per heavy atom. The number of hydrogen-bond acceptors (Lipinski definition) is 5. The fourth-order valence-electron chi connectivity index (χ4n) is 3.43. The van der Waals surface area contributed by atoms with Gasteiger partial charge in [-0.25, -0.2) is 0 Å². The Hall–Kier alpha value is -2.60. The normalized spacial score (nSPS) is 16.2. The zero-order valence-corrected chi connectivity index (χ0v) is 14.6. The number of H-pyrrole nitrogens is 1. The zero-order valence-electron chi connectivity index (χ0n) is 14.6. The smallest absolute Gasteiger partial charge is 0.156 e. The summed E-state index contributed by atoms with van der Waals surface area (Å²) in [7, 11) is 3.88. The molecule has 1 aliphatic heterocycles. The van der Waals surface area contributed by atoms with Crippen molar-refractivity contribution in [1.82, 2.24) is 20.1 Å². The second-order valence-corrected chi connectivity index (χ2v) is 6.63. The molecule has 6 nitrogen and oxygen atoms in total. The summed E-state index contributed by atoms with van der Waals surface area (Å²) in [4.78, 5) is 6.45. The molecule has 0 unspecified atom stereocenters. The third-order valence-electron chi connectivity index (χ3n) is 4.93. The number of likely N-dealkylation sites (tertiary alicyclic amines) is 1. The van der Waals surface area contributed by atoms with Crippen LogP contribution in [0.1, 0.15) is 12.8 Å². The summed E-state index contributed by atoms with van der Waals surface area (Å²) < 4.78 is 5.64. The molecule has 1 aliphatic rings. The summed E-state index contributed by atoms with van der Waals surface area (Å²) in [6.07, 6.45) is 5.85. The van der Waals surface area contributed by atoms with Gasteiger partial charge in [-0.15, -0.1) is 0 Å². The van der Waals surface area contributed by atoms with Crippen molar-refractivity contribution in [2.75, 3.05) is 32.6 Å². The van der Waals surface area contributed by atoms with Crippen LogP contribution in [0.5, 0.6) is 5.75 Å². The highest BCUT2D eigenvalue weighted by Crippen LogP contribution is 2.35. The van der Waals surface area contributed by atoms with Crippen molar-refractivity contribution in [3.63, 3.8) is 0 Å². The van der Waals surface area contributed by atoms with Gasteiger partial charge in [0.15, 0.2) is 5.82 Å². The van der Waals surface area contributed by atoms with Crippen molar-refractivity contribution in [1.29, 1.82) is 0 Å². The van der Waals surface area contributed by atoms with Gasteiger partial charge in [0.2, 0.25) is 0 Å². The first-order valence-electron chi connectivity index (χ1n) is 8.66. The number of benzene rings is 1. The number of aromatic amines is 1. The van der Waals surface area contributed by atoms with Crippen LogP contribution in [0.15, 0.2) is 36.7 Å². The van der Waals surface area contributed by atoms with Gasteiger partial charge in [-0.3, -0.25) is 10.1 Å². The summed E-state index contributed by atoms with van der Waals surface area (Å²) in [6.45, 7) is 2.24. The molecule has 0 atom stereocenters. The average Bonchev–Trinajstić information content (AvgIpc) is 3.05. The number of hydrogen-bond donors (Lipinski definition) is 2. The number of pyridine rings is 1. The van der Waals surface area contributed by atoms with E-state index < -0.39 is 0 Å². The minimum Gasteiger partial charge on any atom is -0.496 e. The van der Waals surface area contributed by atoms with Crippen LogP contribution in [0.4, 0.5) is 5.82 Å². The summed E-state index contributed by atoms with van der Waals surface area (Å²) in [5.41, 5.74) is 3.11. The zero-order chi connectivity index (χ0) is 17.2. The first-order chi connectivity index (χ1) is 12.2. The number of piperidine rings is 1. The third-order valence-corrected chi connectivity index (χ3v) is 4.93. The Morgan fingerprint density at radius 3 is 2.68 bits per heavy atom. The minimum absolute atomic E-state index is 0.466. The van der Waals surface area contributed by atoms with Gasteiger partial charge in [-0.2, -0.15) is 5.10 Å². The van der Waals surface area contributed by atoms with E-state index in [0.717, 1.165) is 59.5 Å². The molecule has 1 fully saturated rings. The number of ether oxygens (including phenoxy) is 1. The van der Waals surface area contributed by atoms with E-state index in [1.165, 1.54) is 0 Å². The fourth-order valence-corrected chi connectivity index (χ4v) is 3.43. The Balaban J connectivity index is 1.67. The average molecular weight is 337 g/mol. The molecule has 0 radical (unpaired) electrons. The van der Waals surface area contributed by atoms with Gasteiger partial charge in [-0.1, -0.05) is 0 Å². The molecule has 0 amide bonds. The highest BCUT2D eigenvalue weighted by Gasteiger charge is 2.19. The van der Waals surface area contributed by atoms with Crippen molar-refractivity contribution in [2.24, 2.45) is 0 Å². The van der Waals surface area contributed by atoms with Crippen LogP contribution in [-0.2, 0) is 0 Å². The summed E-state index contributed by atoms with van der Waals surface area (Å²) in [6, 6.07) is 8.59. The van der Waals surface area contributed by atoms with Crippen LogP contribution in [0.2, 0.25) is 0 Å². The molecule has 0 spiro atoms. The van der Waals surface area contributed by atoms with Crippen molar-refractivity contribution in [2.45, 2.75) is 18.9 Å². The molecular weight excluding hydrogens is 314 g/mol. The Morgan fingerprint density at radius 1 is 1.20 bits per heavy atom. The number of fused-ring (bicyclic) bond motifs is 1. The molecule has 25 heavy (non-hydrogen) atoms. The number of methoxy groups -OCH3 is 1. The molecule has 2 aromatic heterocycles. The molecule has 2 N–H and O–H groups in total. The Bertz CT molecular complexity index is 853. The van der Waals surface area contributed by atoms with E-state index in [2.05, 4.69) is 44.6 Å². The molecule has 0 aliphatic carbocycles. The fraction of sp³-hybridized carbons (Fsp3) is 0.368. The van der Waals surface area contributed by atoms with Gasteiger partial charge in [0.1, 0.15) is 5.75 Å². The largest absolute Gasteiger partial charge is 0.496 e. The van der Waals surface area contributed by atoms with Crippen LogP contribution in [-0.4, -0.2) is 53.4 Å². The predicted octanol–water partition coefficient (Wildman–Crippen LogP) is 3.14. The maximum Gasteiger partial charge on any atom is 0.156 e. The molecule has 3 heterocycles. The van der Waals surface area contributed by atoms with Gasteiger partial charge in [0.25, 0.3) is 0 Å². The SMILES string of the molecule is COc1cc2c(NC3CCN(C)CC3)n[nH]c2cc1-c1ccncc1. The Kier molecular flexibility index (Phi) is 4.28. The summed E-state index contributed by atoms with van der Waals surface area (Å²) in [5.74, 6) is 1.75. The van der Waals surface area contributed by atoms with Crippen molar-refractivity contribution in [3.05, 3.63) is 36.7 Å². The van der Waals surface area contributed by atoms with Crippen LogP contribution in [0.3, 0.4) is 0 Å². The summed E-state index contributed by atoms with van der Waals surface area (Å²) >= 11 is 0. The second-order valence-electron chi connectivity index (χ2n) is 6.63. The number of nitrogens with one attached hydrogen (secondary N) is 2. The van der Waals surface area contributed by atoms with Crippen molar-refractivity contribution in [3.8, 4) is 16.9 Å². The van der Waals surface area contributed by atoms with E-state index in [1.54, 1.807) is 19.5 Å². The van der Waals surface area contributed by atoms with Crippen LogP contribution < -0.4 is 10.1 Å². The van der Waals surface area contributed by atoms with E-state index in [1.807, 2.05) is 12.1 Å². The number of anilines is 1. The first-order valence-corrected chi connectivity index (χ1v) is 8.66. The van der Waals surface area contributed by atoms with Crippen LogP contribution in [0, 0.1) is 0 Å². The predicted molar refractivity (Wildman–Crippen MR) is 100 cm³/mol. The molecule has 4 rings (SSSR count). The van der Waals surface area contributed by atoms with E-state index in [9.17, 15) is 0 Å². The van der Waals surface area contributed by atoms with Crippen molar-refractivity contribution < 1.29 is 4.74 Å². The van der Waals surface area contributed by atoms with E-state index in [0.29, 0.717) is 6.04 Å². The topological polar surface area (TPSA) is 66.1 Å². The van der Waals surface area contributed by atoms with E-state index in [-0.39, 0.29) is 0 Å². The standard InChI is InChI=1S/C19H23N5O/c1-24-9-5-14(6-10-24)21-19-16-12-18(25-2)15(11-17(16)22-23-19)13-3-7-20-8-4-13/h3-4,7-8,11-12,14H,5-6,9-10H2,1-2H3,(H2,21,22,23). The maximum absolute atomic E-state index is 5.64. The number of nitrogens with zero attached hydrogens (tertiary/aromatic N) is 3. The lowest BCUT2D eigenvalue weighted by Gasteiger charge is -2.29. The summed E-state index contributed by atoms with van der Waals surface area (Å²) in [5, 5.41) is 12.3. The molecular formula is C19H23N5O. The maximum atomic E-state index is 5.64. The quantitative estimate of drug-likeness (QED) is 0.766. The molecule has 3 aromatic rings. The van der Waals surface area contributed by atoms with Gasteiger partial charge in [0.05, 0.1) is 12.6 Å². The van der Waals surface area contributed by atoms with Crippen LogP contribution in [0.25, 0.3) is 22.0 Å². The highest BCUT2D eigenvalue weighted by molar-refractivity contribution is 5.95. The lowest BCUT2D eigenvalue weighted by Crippen LogP contribution is -2.36. The molecule has 130 valence electrons. The van der Waals surface area contributed by atoms with Crippen LogP contribution >= 0.6 is 0 Å². The number of aromatic nitrogens is 3. The lowest BCUT2D eigenvalue weighted by molar-refractivity contribution is 0.263. The molecule has 0 saturated carbocycles. The molecule has 6 heteroatoms. The second kappa shape index (κ2) is 6.72. The first kappa shape index (κ1) is 15.9. The van der Waals surface area contributed by atoms with Gasteiger partial charge in [-0.05, 0) is 62.8 Å². The van der Waals surface area contributed by atoms with Gasteiger partial charge < -0.3 is 15.0 Å². The third kappa shape index (κ3) is 3.17. The molecule has 1 aromatic carbocycles. The highest BCUT2D eigenvalue weighted by atomic mass is 16.5. The van der Waals surface area contributed by atoms with Gasteiger partial charge in [0, 0.05) is 29.4 Å². The molecule has 1 saturated heterocycles. The van der Waals surface area contributed by atoms with E-state index >= 15 is 0 Å². The van der Waals surface area contributed by atoms with E-state index in [4.69, 9.17) is 4.74 Å². The monoisotopic (exact) mass is 337 g/mol. The molecule has 0 bridgehead atoms. The minimum atomic E-state index is 0.466. The number of rotatable bonds is 4. The lowest BCUT2D eigenvalue weighted by atomic mass is 10.0. The Labute approximate surface area is 147 Å². The van der Waals surface area contributed by atoms with Gasteiger partial charge >= 0.3 is 0 Å². The van der Waals surface area contributed by atoms with Crippen molar-refractivity contribution >= 4 is 16.7 Å².